The monoisotopic (exact) mass is 473 g/mol. The molecule has 3 aromatic carbocycles. The second kappa shape index (κ2) is 9.25. The van der Waals surface area contributed by atoms with E-state index in [1.54, 1.807) is 6.92 Å². The molecule has 0 bridgehead atoms. The zero-order valence-corrected chi connectivity index (χ0v) is 19.4. The summed E-state index contributed by atoms with van der Waals surface area (Å²) in [6.45, 7) is 2.06. The van der Waals surface area contributed by atoms with E-state index < -0.39 is 12.0 Å². The first kappa shape index (κ1) is 21.5. The summed E-state index contributed by atoms with van der Waals surface area (Å²) in [5.41, 5.74) is 3.76. The number of hydrazone groups is 1. The Morgan fingerprint density at radius 2 is 1.61 bits per heavy atom. The second-order valence-corrected chi connectivity index (χ2v) is 8.81. The van der Waals surface area contributed by atoms with Crippen LogP contribution in [0, 0.1) is 0 Å². The van der Waals surface area contributed by atoms with Gasteiger partial charge in [-0.05, 0) is 36.4 Å². The fourth-order valence-corrected chi connectivity index (χ4v) is 4.89. The molecule has 5 nitrogen and oxygen atoms in total. The van der Waals surface area contributed by atoms with Gasteiger partial charge in [-0.3, -0.25) is 0 Å². The summed E-state index contributed by atoms with van der Waals surface area (Å²) in [7, 11) is 0. The third-order valence-electron chi connectivity index (χ3n) is 5.31. The van der Waals surface area contributed by atoms with Crippen LogP contribution in [0.25, 0.3) is 5.70 Å². The van der Waals surface area contributed by atoms with Gasteiger partial charge in [-0.1, -0.05) is 84.4 Å². The molecule has 33 heavy (non-hydrogen) atoms. The second-order valence-electron chi connectivity index (χ2n) is 7.42. The topological polar surface area (TPSA) is 54.3 Å². The number of carbonyl (C=O) groups excluding carboxylic acids is 1. The number of aliphatic imine (C=N–C) groups is 1. The molecule has 2 heterocycles. The molecular weight excluding hydrogens is 454 g/mol. The molecule has 1 atom stereocenters. The molecule has 5 rings (SSSR count). The average Bonchev–Trinajstić information content (AvgIpc) is 3.29. The predicted molar refractivity (Wildman–Crippen MR) is 134 cm³/mol. The number of fused-ring (bicyclic) bond motifs is 1. The zero-order chi connectivity index (χ0) is 22.8. The molecule has 0 aliphatic carbocycles. The largest absolute Gasteiger partial charge is 0.463 e. The minimum Gasteiger partial charge on any atom is -0.463 e. The number of esters is 1. The van der Waals surface area contributed by atoms with Crippen molar-refractivity contribution in [1.82, 2.24) is 5.01 Å². The highest BCUT2D eigenvalue weighted by atomic mass is 35.5. The van der Waals surface area contributed by atoms with Crippen LogP contribution < -0.4 is 0 Å². The van der Waals surface area contributed by atoms with Crippen molar-refractivity contribution in [3.8, 4) is 0 Å². The van der Waals surface area contributed by atoms with Crippen LogP contribution in [0.5, 0.6) is 0 Å². The average molecular weight is 474 g/mol. The number of halogens is 1. The van der Waals surface area contributed by atoms with E-state index in [0.717, 1.165) is 21.7 Å². The summed E-state index contributed by atoms with van der Waals surface area (Å²) >= 11 is 7.65. The van der Waals surface area contributed by atoms with Gasteiger partial charge in [0, 0.05) is 16.1 Å². The molecular formula is C26H20ClN3O2S. The third-order valence-corrected chi connectivity index (χ3v) is 6.54. The first-order valence-electron chi connectivity index (χ1n) is 10.6. The normalized spacial score (nSPS) is 17.4. The lowest BCUT2D eigenvalue weighted by Gasteiger charge is -2.32. The lowest BCUT2D eigenvalue weighted by Crippen LogP contribution is -2.34. The van der Waals surface area contributed by atoms with Gasteiger partial charge in [0.2, 0.25) is 0 Å². The van der Waals surface area contributed by atoms with E-state index in [4.69, 9.17) is 26.4 Å². The zero-order valence-electron chi connectivity index (χ0n) is 17.8. The Balaban J connectivity index is 1.71. The molecule has 1 unspecified atom stereocenters. The van der Waals surface area contributed by atoms with Crippen LogP contribution in [0.3, 0.4) is 0 Å². The Morgan fingerprint density at radius 1 is 0.970 bits per heavy atom. The molecule has 0 aromatic heterocycles. The highest BCUT2D eigenvalue weighted by molar-refractivity contribution is 8.27. The number of hydrogen-bond donors (Lipinski definition) is 0. The maximum Gasteiger partial charge on any atom is 0.338 e. The van der Waals surface area contributed by atoms with Gasteiger partial charge in [0.15, 0.2) is 5.17 Å². The number of rotatable bonds is 5. The molecule has 0 radical (unpaired) electrons. The van der Waals surface area contributed by atoms with Crippen molar-refractivity contribution in [3.63, 3.8) is 0 Å². The van der Waals surface area contributed by atoms with Crippen LogP contribution in [0.1, 0.15) is 29.7 Å². The van der Waals surface area contributed by atoms with E-state index >= 15 is 0 Å². The van der Waals surface area contributed by atoms with Crippen molar-refractivity contribution >= 4 is 45.2 Å². The van der Waals surface area contributed by atoms with Crippen molar-refractivity contribution < 1.29 is 9.53 Å². The molecule has 3 aromatic rings. The molecule has 0 fully saturated rings. The minimum atomic E-state index is -0.502. The predicted octanol–water partition coefficient (Wildman–Crippen LogP) is 6.14. The van der Waals surface area contributed by atoms with Crippen LogP contribution >= 0.6 is 23.4 Å². The van der Waals surface area contributed by atoms with Gasteiger partial charge in [-0.2, -0.15) is 5.10 Å². The summed E-state index contributed by atoms with van der Waals surface area (Å²) in [5, 5.41) is 8.86. The number of ether oxygens (including phenoxy) is 1. The van der Waals surface area contributed by atoms with Gasteiger partial charge < -0.3 is 4.74 Å². The highest BCUT2D eigenvalue weighted by Crippen LogP contribution is 2.44. The van der Waals surface area contributed by atoms with Crippen molar-refractivity contribution in [2.75, 3.05) is 6.61 Å². The molecule has 0 amide bonds. The van der Waals surface area contributed by atoms with E-state index in [1.807, 2.05) is 89.9 Å². The van der Waals surface area contributed by atoms with Crippen LogP contribution in [0.4, 0.5) is 0 Å². The first-order chi connectivity index (χ1) is 16.2. The van der Waals surface area contributed by atoms with E-state index in [2.05, 4.69) is 0 Å². The third kappa shape index (κ3) is 4.19. The standard InChI is InChI=1S/C26H20ClN3O2S/c1-2-32-25(31)21-22(17-9-5-3-6-10-17)28-26-30(23(21)18-13-15-20(27)16-14-18)29-24(33-26)19-11-7-4-8-12-19/h3-16,23H,2H2,1H3. The summed E-state index contributed by atoms with van der Waals surface area (Å²) in [6.07, 6.45) is 0. The summed E-state index contributed by atoms with van der Waals surface area (Å²) in [5.74, 6) is -0.410. The molecule has 164 valence electrons. The maximum absolute atomic E-state index is 13.3. The van der Waals surface area contributed by atoms with E-state index in [1.165, 1.54) is 11.8 Å². The van der Waals surface area contributed by atoms with Crippen LogP contribution in [0.2, 0.25) is 5.02 Å². The number of benzene rings is 3. The molecule has 0 saturated heterocycles. The Bertz CT molecular complexity index is 1270. The maximum atomic E-state index is 13.3. The van der Waals surface area contributed by atoms with Gasteiger partial charge >= 0.3 is 5.97 Å². The van der Waals surface area contributed by atoms with Gasteiger partial charge in [0.25, 0.3) is 0 Å². The molecule has 2 aliphatic heterocycles. The summed E-state index contributed by atoms with van der Waals surface area (Å²) in [6, 6.07) is 26.6. The van der Waals surface area contributed by atoms with Gasteiger partial charge in [-0.25, -0.2) is 14.8 Å². The SMILES string of the molecule is CCOC(=O)C1=C(c2ccccc2)N=C2SC(c3ccccc3)=NN2C1c1ccc(Cl)cc1. The summed E-state index contributed by atoms with van der Waals surface area (Å²) < 4.78 is 5.49. The lowest BCUT2D eigenvalue weighted by atomic mass is 9.93. The molecule has 2 aliphatic rings. The van der Waals surface area contributed by atoms with Crippen molar-refractivity contribution in [1.29, 1.82) is 0 Å². The van der Waals surface area contributed by atoms with Crippen molar-refractivity contribution in [2.45, 2.75) is 13.0 Å². The van der Waals surface area contributed by atoms with Crippen LogP contribution in [-0.2, 0) is 9.53 Å². The quantitative estimate of drug-likeness (QED) is 0.418. The van der Waals surface area contributed by atoms with E-state index in [0.29, 0.717) is 21.5 Å². The Morgan fingerprint density at radius 3 is 2.24 bits per heavy atom. The van der Waals surface area contributed by atoms with Crippen molar-refractivity contribution in [3.05, 3.63) is 112 Å². The van der Waals surface area contributed by atoms with Crippen LogP contribution in [0.15, 0.2) is 101 Å². The van der Waals surface area contributed by atoms with Gasteiger partial charge in [0.1, 0.15) is 11.1 Å². The van der Waals surface area contributed by atoms with E-state index in [9.17, 15) is 4.79 Å². The number of amidine groups is 1. The molecule has 7 heteroatoms. The minimum absolute atomic E-state index is 0.265. The number of hydrogen-bond acceptors (Lipinski definition) is 6. The lowest BCUT2D eigenvalue weighted by molar-refractivity contribution is -0.139. The first-order valence-corrected chi connectivity index (χ1v) is 11.8. The molecule has 0 spiro atoms. The number of carbonyl (C=O) groups is 1. The van der Waals surface area contributed by atoms with E-state index in [-0.39, 0.29) is 6.61 Å². The highest BCUT2D eigenvalue weighted by Gasteiger charge is 2.42. The fourth-order valence-electron chi connectivity index (χ4n) is 3.83. The van der Waals surface area contributed by atoms with Crippen LogP contribution in [-0.4, -0.2) is 27.8 Å². The number of nitrogens with zero attached hydrogens (tertiary/aromatic N) is 3. The van der Waals surface area contributed by atoms with Gasteiger partial charge in [0.05, 0.1) is 17.9 Å². The van der Waals surface area contributed by atoms with Crippen molar-refractivity contribution in [2.24, 2.45) is 10.1 Å². The Kier molecular flexibility index (Phi) is 6.03. The van der Waals surface area contributed by atoms with Gasteiger partial charge in [-0.15, -0.1) is 0 Å². The smallest absolute Gasteiger partial charge is 0.338 e. The summed E-state index contributed by atoms with van der Waals surface area (Å²) in [4.78, 5) is 18.2. The molecule has 0 N–H and O–H groups in total. The molecule has 0 saturated carbocycles. The number of thioether (sulfide) groups is 1. The Hall–Kier alpha value is -3.35. The fraction of sp³-hybridized carbons (Fsp3) is 0.115. The Labute approximate surface area is 201 Å².